The van der Waals surface area contributed by atoms with Gasteiger partial charge in [-0.1, -0.05) is 543 Å². The Labute approximate surface area is 867 Å². The van der Waals surface area contributed by atoms with Gasteiger partial charge in [0, 0.05) is 106 Å². The Balaban J connectivity index is 0.000000212. The molecule has 18 aromatic carbocycles. The fraction of sp³-hybridized carbons (Fsp3) is 0.110. The summed E-state index contributed by atoms with van der Waals surface area (Å²) in [6.45, 7) is 5.20. The Morgan fingerprint density at radius 2 is 0.493 bits per heavy atom. The van der Waals surface area contributed by atoms with Gasteiger partial charge in [-0.2, -0.15) is 0 Å². The predicted octanol–water partition coefficient (Wildman–Crippen LogP) is 24.1. The minimum absolute atomic E-state index is 0. The van der Waals surface area contributed by atoms with Gasteiger partial charge in [-0.15, -0.1) is 0 Å². The Kier molecular flexibility index (Phi) is 53.5. The van der Waals surface area contributed by atoms with Gasteiger partial charge in [0.2, 0.25) is 0 Å². The van der Waals surface area contributed by atoms with Gasteiger partial charge < -0.3 is 31.2 Å². The van der Waals surface area contributed by atoms with E-state index >= 15 is 0 Å². The average molecular weight is 2010 g/mol. The average Bonchev–Trinajstić information content (AvgIpc) is 0.749. The molecule has 0 aliphatic carbocycles. The van der Waals surface area contributed by atoms with Crippen molar-refractivity contribution in [3.63, 3.8) is 0 Å². The molecule has 0 aliphatic heterocycles. The first kappa shape index (κ1) is 111. The summed E-state index contributed by atoms with van der Waals surface area (Å²) in [6.07, 6.45) is 12.6. The molecule has 134 heavy (non-hydrogen) atoms. The number of unbranched alkanes of at least 4 members (excludes halogenated alkanes) is 6. The maximum Gasteiger partial charge on any atom is 0.488 e. The molecule has 7 N–H and O–H groups in total. The molecule has 18 aromatic rings. The van der Waals surface area contributed by atoms with Crippen LogP contribution in [0.2, 0.25) is 0 Å². The van der Waals surface area contributed by atoms with E-state index in [0.29, 0.717) is 5.46 Å². The number of hydrogen-bond acceptors (Lipinski definition) is 7. The van der Waals surface area contributed by atoms with Crippen LogP contribution in [0.4, 0.5) is 11.4 Å². The van der Waals surface area contributed by atoms with Crippen LogP contribution in [0.5, 0.6) is 0 Å². The molecule has 0 aromatic heterocycles. The third-order valence-electron chi connectivity index (χ3n) is 21.3. The van der Waals surface area contributed by atoms with Gasteiger partial charge in [0.05, 0.1) is 0 Å². The molecule has 0 atom stereocenters. The van der Waals surface area contributed by atoms with E-state index in [9.17, 15) is 0 Å². The molecule has 0 heterocycles. The quantitative estimate of drug-likeness (QED) is 0.00730. The largest absolute Gasteiger partial charge is 0.509 e. The van der Waals surface area contributed by atoms with Crippen LogP contribution in [0.15, 0.2) is 490 Å². The maximum absolute atomic E-state index is 8.92. The fourth-order valence-corrected chi connectivity index (χ4v) is 24.5. The summed E-state index contributed by atoms with van der Waals surface area (Å²) < 4.78 is 1.09. The van der Waals surface area contributed by atoms with Gasteiger partial charge >= 0.3 is 7.12 Å². The zero-order valence-corrected chi connectivity index (χ0v) is 86.9. The topological polar surface area (TPSA) is 139 Å². The summed E-state index contributed by atoms with van der Waals surface area (Å²) in [4.78, 5) is 11.3. The van der Waals surface area contributed by atoms with Crippen molar-refractivity contribution in [1.29, 1.82) is 0 Å². The molecule has 7 nitrogen and oxygen atoms in total. The summed E-state index contributed by atoms with van der Waals surface area (Å²) in [6, 6.07) is 170. The summed E-state index contributed by atoms with van der Waals surface area (Å²) >= 11 is 3.48. The number of nitrogens with two attached hydrogens (primary N) is 2. The number of hydrogen-bond donors (Lipinski definition) is 5. The van der Waals surface area contributed by atoms with Crippen LogP contribution >= 0.6 is 47.6 Å². The van der Waals surface area contributed by atoms with Crippen LogP contribution in [0, 0.1) is 0 Å². The summed E-state index contributed by atoms with van der Waals surface area (Å²) in [5.41, 5.74) is 19.4. The number of rotatable bonds is 25. The van der Waals surface area contributed by atoms with Crippen LogP contribution < -0.4 is 80.6 Å². The molecule has 0 saturated carbocycles. The van der Waals surface area contributed by atoms with Crippen molar-refractivity contribution in [2.75, 3.05) is 11.5 Å². The van der Waals surface area contributed by atoms with E-state index in [-0.39, 0.29) is 87.0 Å². The Morgan fingerprint density at radius 1 is 0.284 bits per heavy atom. The van der Waals surface area contributed by atoms with Crippen LogP contribution in [0.25, 0.3) is 32.7 Å². The predicted molar refractivity (Wildman–Crippen MR) is 590 cm³/mol. The number of benzene rings is 18. The Hall–Kier alpha value is -9.64. The third-order valence-corrected chi connectivity index (χ3v) is 31.7. The van der Waals surface area contributed by atoms with E-state index in [1.807, 2.05) is 54.6 Å². The first-order chi connectivity index (χ1) is 64.0. The molecule has 0 spiro atoms. The van der Waals surface area contributed by atoms with Crippen molar-refractivity contribution < 1.29 is 45.4 Å². The van der Waals surface area contributed by atoms with Crippen molar-refractivity contribution in [3.05, 3.63) is 501 Å². The number of aryl methyl sites for hydroxylation is 2. The van der Waals surface area contributed by atoms with Crippen molar-refractivity contribution in [3.8, 4) is 11.1 Å². The molecule has 2 radical (unpaired) electrons. The normalized spacial score (nSPS) is 10.1. The molecule has 0 bridgehead atoms. The van der Waals surface area contributed by atoms with Gasteiger partial charge in [-0.05, 0) is 184 Å². The molecular weight excluding hydrogens is 1890 g/mol. The van der Waals surface area contributed by atoms with Gasteiger partial charge in [-0.25, -0.2) is 5.26 Å². The van der Waals surface area contributed by atoms with E-state index < -0.39 is 38.8 Å². The number of fused-ring (bicyclic) bond motifs is 2. The van der Waals surface area contributed by atoms with Crippen molar-refractivity contribution in [2.45, 2.75) is 85.5 Å². The minimum Gasteiger partial charge on any atom is -0.509 e. The molecule has 0 aliphatic rings. The monoisotopic (exact) mass is 2010 g/mol. The van der Waals surface area contributed by atoms with E-state index in [2.05, 4.69) is 453 Å². The van der Waals surface area contributed by atoms with Gasteiger partial charge in [0.15, 0.2) is 0 Å². The molecule has 0 fully saturated rings. The van der Waals surface area contributed by atoms with Gasteiger partial charge in [-0.3, -0.25) is 0 Å². The second-order valence-electron chi connectivity index (χ2n) is 30.4. The van der Waals surface area contributed by atoms with Crippen LogP contribution in [0.1, 0.15) is 83.8 Å². The molecule has 0 saturated heterocycles. The van der Waals surface area contributed by atoms with Crippen LogP contribution in [-0.4, -0.2) is 88.0 Å². The van der Waals surface area contributed by atoms with Crippen LogP contribution in [0.3, 0.4) is 0 Å². The second kappa shape index (κ2) is 64.4. The molecular formula is C118H117BBrN2Na2O5P4Pd-. The zero-order chi connectivity index (χ0) is 90.8. The van der Waals surface area contributed by atoms with E-state index in [1.165, 1.54) is 149 Å². The van der Waals surface area contributed by atoms with Crippen molar-refractivity contribution in [1.82, 2.24) is 0 Å². The zero-order valence-electron chi connectivity index (χ0n) is 76.1. The van der Waals surface area contributed by atoms with Gasteiger partial charge in [0.25, 0.3) is 0 Å². The Morgan fingerprint density at radius 3 is 0.716 bits per heavy atom. The third kappa shape index (κ3) is 36.1. The number of anilines is 2. The van der Waals surface area contributed by atoms with Crippen LogP contribution in [-0.2, 0) is 42.9 Å². The molecule has 16 heteroatoms. The summed E-state index contributed by atoms with van der Waals surface area (Å²) in [5, 5.41) is 46.2. The summed E-state index contributed by atoms with van der Waals surface area (Å²) in [7, 11) is -3.13. The number of halogens is 1. The molecule has 672 valence electrons. The molecule has 0 unspecified atom stereocenters. The second-order valence-corrected chi connectivity index (χ2v) is 40.1. The van der Waals surface area contributed by atoms with Crippen molar-refractivity contribution >= 4 is 222 Å². The van der Waals surface area contributed by atoms with Gasteiger partial charge in [0.1, 0.15) is 0 Å². The van der Waals surface area contributed by atoms with E-state index in [0.717, 1.165) is 44.9 Å². The SMILES string of the molecule is C.CCCCCCc1ccc(-c2ccc(N)c3ccccc23)cc1.CCCCCCc1ccc(B(O)O)cc1.Nc1ccc(Br)c2ccccc12.O=[C-]OO.[Na].[Na].[Pd].c1ccc(P(c2ccccc2)c2ccccc2)cc1.c1ccc(P(c2ccccc2)c2ccccc2)cc1.c1ccc(P(c2ccccc2)c2ccccc2)cc1.c1ccc(P(c2ccccc2)c2ccccc2)cc1. The number of nitrogen functional groups attached to an aromatic ring is 2. The smallest absolute Gasteiger partial charge is 0.488 e. The van der Waals surface area contributed by atoms with E-state index in [4.69, 9.17) is 31.6 Å². The minimum atomic E-state index is -1.35. The molecule has 18 rings (SSSR count). The first-order valence-corrected chi connectivity index (χ1v) is 50.4. The fourth-order valence-electron chi connectivity index (χ4n) is 14.8. The Bertz CT molecular complexity index is 5270. The summed E-state index contributed by atoms with van der Waals surface area (Å²) in [5.74, 6) is 0. The number of carbonyl (C=O) groups excluding carboxylic acids is 1. The molecule has 0 amide bonds. The van der Waals surface area contributed by atoms with Crippen molar-refractivity contribution in [2.24, 2.45) is 0 Å². The van der Waals surface area contributed by atoms with E-state index in [1.54, 1.807) is 12.1 Å². The standard InChI is InChI=1S/C22H25N.4C18H15P.C12H19BO2.C10H8BrN.CHO3.CH4.2Na.Pd/c1-2-3-4-5-8-17-11-13-18(14-12-17)19-15-16-22(23)21-10-7-6-9-20(19)21;4*1-4-10-16(11-5-1)19(17-12-6-2-7-13-17)18-14-8-3-9-15-18;1-2-3-4-5-6-11-7-9-12(10-8-11)13(14)15;11-9-5-6-10(12)8-4-2-1-3-7(8)9;2-1-4-3;;;;/h6-7,9-16H,2-5,8,23H2,1H3;4*1-15H;7-10,14-15H,2-6H2,1H3;1-6H,12H2;3H;1H4;;;/q;;;;;;;-1;;;;. The maximum atomic E-state index is 8.92. The first-order valence-electron chi connectivity index (χ1n) is 44.3.